The molecule has 0 aliphatic carbocycles. The Morgan fingerprint density at radius 3 is 2.79 bits per heavy atom. The number of aromatic nitrogens is 1. The largest absolute Gasteiger partial charge is 0.492 e. The van der Waals surface area contributed by atoms with Crippen molar-refractivity contribution in [2.45, 2.75) is 26.8 Å². The number of benzene rings is 1. The number of alkyl halides is 2. The van der Waals surface area contributed by atoms with Crippen LogP contribution in [0.3, 0.4) is 0 Å². The maximum Gasteiger partial charge on any atom is 0.277 e. The number of hydrogen-bond acceptors (Lipinski definition) is 8. The summed E-state index contributed by atoms with van der Waals surface area (Å²) in [5, 5.41) is 14.3. The zero-order valence-electron chi connectivity index (χ0n) is 21.2. The fourth-order valence-corrected chi connectivity index (χ4v) is 4.51. The van der Waals surface area contributed by atoms with E-state index in [-0.39, 0.29) is 21.3 Å². The standard InChI is InChI=1S/C26H29F2N5O4S/c1-3-33-24(14-19(16-29)25(34)31-17-23(27)28)38-22(26(33)35)6-7-30-20-5-4-18(2)21(15-20)37-13-10-32-8-11-36-12-9-32/h4-5,7,15,23,30H,3,8-13,17H2,1-2H3,(H,31,34). The summed E-state index contributed by atoms with van der Waals surface area (Å²) in [6.45, 7) is 7.68. The fourth-order valence-electron chi connectivity index (χ4n) is 3.52. The Morgan fingerprint density at radius 2 is 2.11 bits per heavy atom. The number of aryl methyl sites for hydroxylation is 1. The molecule has 0 radical (unpaired) electrons. The molecule has 1 saturated heterocycles. The second kappa shape index (κ2) is 14.3. The smallest absolute Gasteiger partial charge is 0.277 e. The van der Waals surface area contributed by atoms with Crippen LogP contribution in [0.4, 0.5) is 14.5 Å². The number of amides is 1. The predicted molar refractivity (Wildman–Crippen MR) is 141 cm³/mol. The zero-order valence-corrected chi connectivity index (χ0v) is 22.0. The third-order valence-corrected chi connectivity index (χ3v) is 6.60. The number of ether oxygens (including phenoxy) is 2. The van der Waals surface area contributed by atoms with Gasteiger partial charge in [-0.2, -0.15) is 5.26 Å². The molecule has 1 aliphatic rings. The van der Waals surface area contributed by atoms with Crippen molar-refractivity contribution in [2.24, 2.45) is 0 Å². The van der Waals surface area contributed by atoms with Crippen LogP contribution in [0.15, 0.2) is 34.8 Å². The van der Waals surface area contributed by atoms with E-state index in [0.717, 1.165) is 61.2 Å². The molecule has 38 heavy (non-hydrogen) atoms. The highest BCUT2D eigenvalue weighted by Crippen LogP contribution is 2.22. The third kappa shape index (κ3) is 8.15. The minimum Gasteiger partial charge on any atom is -0.492 e. The van der Waals surface area contributed by atoms with E-state index >= 15 is 0 Å². The first-order valence-electron chi connectivity index (χ1n) is 12.0. The molecular formula is C26H29F2N5O4S. The SMILES string of the molecule is CCn1c(=C=C(C#N)C(=O)NCC(F)F)sc(=C=CNc2ccc(C)c(OCCN3CCOCC3)c2)c1=O. The Bertz CT molecular complexity index is 1430. The van der Waals surface area contributed by atoms with Crippen LogP contribution in [0, 0.1) is 18.3 Å². The lowest BCUT2D eigenvalue weighted by Crippen LogP contribution is -2.38. The molecule has 1 aromatic carbocycles. The molecule has 2 heterocycles. The summed E-state index contributed by atoms with van der Waals surface area (Å²) in [6.07, 6.45) is -1.26. The third-order valence-electron chi connectivity index (χ3n) is 5.59. The van der Waals surface area contributed by atoms with Crippen LogP contribution in [0.5, 0.6) is 5.75 Å². The number of nitrogens with zero attached hydrogens (tertiary/aromatic N) is 3. The Kier molecular flexibility index (Phi) is 10.8. The minimum atomic E-state index is -2.75. The van der Waals surface area contributed by atoms with Crippen LogP contribution >= 0.6 is 11.3 Å². The van der Waals surface area contributed by atoms with Gasteiger partial charge in [0.25, 0.3) is 17.9 Å². The van der Waals surface area contributed by atoms with Crippen LogP contribution < -0.4 is 30.1 Å². The topological polar surface area (TPSA) is 109 Å². The van der Waals surface area contributed by atoms with Gasteiger partial charge in [-0.25, -0.2) is 8.78 Å². The quantitative estimate of drug-likeness (QED) is 0.341. The van der Waals surface area contributed by atoms with Crippen LogP contribution in [-0.2, 0) is 16.1 Å². The molecule has 1 aromatic heterocycles. The van der Waals surface area contributed by atoms with Crippen LogP contribution in [-0.4, -0.2) is 67.8 Å². The molecule has 0 atom stereocenters. The second-order valence-corrected chi connectivity index (χ2v) is 9.21. The summed E-state index contributed by atoms with van der Waals surface area (Å²) in [5.74, 6) is -0.237. The maximum absolute atomic E-state index is 12.8. The first-order chi connectivity index (χ1) is 18.3. The van der Waals surface area contributed by atoms with E-state index in [1.54, 1.807) is 13.0 Å². The molecule has 1 amide bonds. The maximum atomic E-state index is 12.8. The van der Waals surface area contributed by atoms with Gasteiger partial charge in [-0.15, -0.1) is 0 Å². The van der Waals surface area contributed by atoms with E-state index in [0.29, 0.717) is 6.61 Å². The van der Waals surface area contributed by atoms with Crippen molar-refractivity contribution >= 4 is 34.4 Å². The molecular weight excluding hydrogens is 516 g/mol. The van der Waals surface area contributed by atoms with Gasteiger partial charge >= 0.3 is 0 Å². The van der Waals surface area contributed by atoms with Gasteiger partial charge in [-0.3, -0.25) is 19.1 Å². The highest BCUT2D eigenvalue weighted by atomic mass is 32.1. The lowest BCUT2D eigenvalue weighted by atomic mass is 10.2. The van der Waals surface area contributed by atoms with Gasteiger partial charge in [0.05, 0.1) is 19.8 Å². The summed E-state index contributed by atoms with van der Waals surface area (Å²) in [6, 6.07) is 7.31. The van der Waals surface area contributed by atoms with Gasteiger partial charge in [0.2, 0.25) is 0 Å². The Hall–Kier alpha value is -3.71. The molecule has 0 saturated carbocycles. The van der Waals surface area contributed by atoms with Gasteiger partial charge in [-0.1, -0.05) is 28.9 Å². The number of carbonyl (C=O) groups excluding carboxylic acids is 1. The average Bonchev–Trinajstić information content (AvgIpc) is 3.21. The van der Waals surface area contributed by atoms with Gasteiger partial charge in [0.1, 0.15) is 27.6 Å². The lowest BCUT2D eigenvalue weighted by Gasteiger charge is -2.26. The summed E-state index contributed by atoms with van der Waals surface area (Å²) in [7, 11) is 0. The van der Waals surface area contributed by atoms with Gasteiger partial charge in [0.15, 0.2) is 5.57 Å². The summed E-state index contributed by atoms with van der Waals surface area (Å²) in [4.78, 5) is 27.1. The van der Waals surface area contributed by atoms with Crippen molar-refractivity contribution < 1.29 is 23.0 Å². The first-order valence-corrected chi connectivity index (χ1v) is 12.9. The highest BCUT2D eigenvalue weighted by Gasteiger charge is 2.12. The predicted octanol–water partition coefficient (Wildman–Crippen LogP) is 1.17. The minimum absolute atomic E-state index is 0.212. The molecule has 2 aromatic rings. The van der Waals surface area contributed by atoms with Gasteiger partial charge in [0, 0.05) is 44.1 Å². The number of rotatable bonds is 10. The molecule has 0 unspecified atom stereocenters. The Balaban J connectivity index is 1.80. The Morgan fingerprint density at radius 1 is 1.34 bits per heavy atom. The van der Waals surface area contributed by atoms with Crippen molar-refractivity contribution in [1.29, 1.82) is 5.26 Å². The van der Waals surface area contributed by atoms with E-state index in [1.807, 2.05) is 30.4 Å². The number of carbonyl (C=O) groups is 1. The number of nitriles is 1. The van der Waals surface area contributed by atoms with E-state index in [1.165, 1.54) is 10.8 Å². The average molecular weight is 546 g/mol. The molecule has 0 bridgehead atoms. The van der Waals surface area contributed by atoms with Gasteiger partial charge < -0.3 is 20.1 Å². The zero-order chi connectivity index (χ0) is 27.5. The number of hydrogen-bond donors (Lipinski definition) is 2. The number of morpholine rings is 1. The molecule has 202 valence electrons. The molecule has 0 spiro atoms. The highest BCUT2D eigenvalue weighted by molar-refractivity contribution is 7.07. The molecule has 1 fully saturated rings. The molecule has 12 heteroatoms. The summed E-state index contributed by atoms with van der Waals surface area (Å²) < 4.78 is 37.8. The summed E-state index contributed by atoms with van der Waals surface area (Å²) in [5.41, 5.74) is 6.33. The van der Waals surface area contributed by atoms with Crippen molar-refractivity contribution in [3.8, 4) is 11.8 Å². The van der Waals surface area contributed by atoms with E-state index in [2.05, 4.69) is 21.7 Å². The normalized spacial score (nSPS) is 13.3. The van der Waals surface area contributed by atoms with Crippen LogP contribution in [0.2, 0.25) is 0 Å². The fraction of sp³-hybridized carbons (Fsp3) is 0.423. The van der Waals surface area contributed by atoms with Crippen molar-refractivity contribution in [3.05, 3.63) is 55.1 Å². The van der Waals surface area contributed by atoms with E-state index < -0.39 is 24.5 Å². The second-order valence-electron chi connectivity index (χ2n) is 8.21. The van der Waals surface area contributed by atoms with Crippen LogP contribution in [0.1, 0.15) is 12.5 Å². The molecule has 9 nitrogen and oxygen atoms in total. The molecule has 1 aliphatic heterocycles. The summed E-state index contributed by atoms with van der Waals surface area (Å²) >= 11 is 0.980. The number of nitrogens with one attached hydrogen (secondary N) is 2. The van der Waals surface area contributed by atoms with E-state index in [9.17, 15) is 23.6 Å². The Labute approximate surface area is 222 Å². The first kappa shape index (κ1) is 28.9. The van der Waals surface area contributed by atoms with Crippen molar-refractivity contribution in [1.82, 2.24) is 14.8 Å². The van der Waals surface area contributed by atoms with Crippen molar-refractivity contribution in [2.75, 3.05) is 51.3 Å². The number of anilines is 1. The monoisotopic (exact) mass is 545 g/mol. The molecule has 3 rings (SSSR count). The molecule has 2 N–H and O–H groups in total. The van der Waals surface area contributed by atoms with Crippen LogP contribution in [0.25, 0.3) is 11.5 Å². The van der Waals surface area contributed by atoms with Crippen molar-refractivity contribution in [3.63, 3.8) is 0 Å². The van der Waals surface area contributed by atoms with E-state index in [4.69, 9.17) is 9.47 Å². The van der Waals surface area contributed by atoms with Gasteiger partial charge in [-0.05, 0) is 25.5 Å². The lowest BCUT2D eigenvalue weighted by molar-refractivity contribution is -0.117. The number of thiazole rings is 1. The number of halogens is 2.